The quantitative estimate of drug-likeness (QED) is 0.824. The molecule has 2 unspecified atom stereocenters. The normalized spacial score (nSPS) is 24.6. The maximum absolute atomic E-state index is 12.8. The maximum Gasteiger partial charge on any atom is 0.253 e. The van der Waals surface area contributed by atoms with Crippen LogP contribution in [0.5, 0.6) is 0 Å². The van der Waals surface area contributed by atoms with Crippen LogP contribution in [0.4, 0.5) is 5.69 Å². The van der Waals surface area contributed by atoms with Gasteiger partial charge in [0.1, 0.15) is 0 Å². The first kappa shape index (κ1) is 17.3. The zero-order chi connectivity index (χ0) is 17.5. The van der Waals surface area contributed by atoms with Crippen molar-refractivity contribution < 1.29 is 13.2 Å². The van der Waals surface area contributed by atoms with E-state index in [1.54, 1.807) is 12.1 Å². The fraction of sp³-hybridized carbons (Fsp3) is 0.611. The molecule has 1 aromatic rings. The molecular formula is C18H26N2O3S. The van der Waals surface area contributed by atoms with E-state index in [1.807, 2.05) is 17.9 Å². The molecule has 1 fully saturated rings. The summed E-state index contributed by atoms with van der Waals surface area (Å²) in [6.45, 7) is 5.76. The molecule has 1 amide bonds. The smallest absolute Gasteiger partial charge is 0.253 e. The van der Waals surface area contributed by atoms with E-state index in [0.717, 1.165) is 31.5 Å². The Balaban J connectivity index is 1.85. The number of fused-ring (bicyclic) bond motifs is 1. The number of amides is 1. The maximum atomic E-state index is 12.8. The Morgan fingerprint density at radius 1 is 1.17 bits per heavy atom. The Bertz CT molecular complexity index is 745. The lowest BCUT2D eigenvalue weighted by Crippen LogP contribution is -2.34. The van der Waals surface area contributed by atoms with E-state index in [0.29, 0.717) is 23.6 Å². The number of hydrogen-bond donors (Lipinski definition) is 0. The van der Waals surface area contributed by atoms with Gasteiger partial charge in [-0.1, -0.05) is 6.92 Å². The van der Waals surface area contributed by atoms with Gasteiger partial charge in [-0.25, -0.2) is 8.42 Å². The molecule has 0 radical (unpaired) electrons. The van der Waals surface area contributed by atoms with Gasteiger partial charge in [-0.05, 0) is 62.3 Å². The fourth-order valence-electron chi connectivity index (χ4n) is 3.89. The number of hydrogen-bond acceptors (Lipinski definition) is 3. The second-order valence-electron chi connectivity index (χ2n) is 7.28. The number of carbonyl (C=O) groups is 1. The Kier molecular flexibility index (Phi) is 4.60. The molecule has 2 atom stereocenters. The topological polar surface area (TPSA) is 57.7 Å². The first-order valence-electron chi connectivity index (χ1n) is 8.69. The SMILES string of the molecule is CC1CCCN(C(=O)c2ccc3c(c2)CC(C)N3S(C)(=O)=O)CC1. The van der Waals surface area contributed by atoms with Crippen LogP contribution in [0.15, 0.2) is 18.2 Å². The van der Waals surface area contributed by atoms with Crippen molar-refractivity contribution in [2.45, 2.75) is 45.6 Å². The van der Waals surface area contributed by atoms with Crippen molar-refractivity contribution in [1.82, 2.24) is 4.90 Å². The minimum atomic E-state index is -3.29. The monoisotopic (exact) mass is 350 g/mol. The van der Waals surface area contributed by atoms with E-state index >= 15 is 0 Å². The van der Waals surface area contributed by atoms with Gasteiger partial charge in [0.15, 0.2) is 0 Å². The second-order valence-corrected chi connectivity index (χ2v) is 9.14. The van der Waals surface area contributed by atoms with E-state index < -0.39 is 10.0 Å². The molecule has 0 aliphatic carbocycles. The molecule has 0 saturated carbocycles. The van der Waals surface area contributed by atoms with Crippen LogP contribution in [0.2, 0.25) is 0 Å². The minimum Gasteiger partial charge on any atom is -0.339 e. The summed E-state index contributed by atoms with van der Waals surface area (Å²) in [5, 5.41) is 0. The molecule has 5 nitrogen and oxygen atoms in total. The number of rotatable bonds is 2. The van der Waals surface area contributed by atoms with Crippen LogP contribution in [0.25, 0.3) is 0 Å². The average Bonchev–Trinajstić information content (AvgIpc) is 2.69. The summed E-state index contributed by atoms with van der Waals surface area (Å²) in [6.07, 6.45) is 5.16. The van der Waals surface area contributed by atoms with E-state index in [1.165, 1.54) is 17.0 Å². The van der Waals surface area contributed by atoms with E-state index in [9.17, 15) is 13.2 Å². The highest BCUT2D eigenvalue weighted by Gasteiger charge is 2.33. The van der Waals surface area contributed by atoms with Crippen LogP contribution in [0.3, 0.4) is 0 Å². The van der Waals surface area contributed by atoms with Gasteiger partial charge in [0.2, 0.25) is 10.0 Å². The lowest BCUT2D eigenvalue weighted by molar-refractivity contribution is 0.0760. The number of benzene rings is 1. The van der Waals surface area contributed by atoms with Gasteiger partial charge in [0.05, 0.1) is 11.9 Å². The third-order valence-corrected chi connectivity index (χ3v) is 6.41. The van der Waals surface area contributed by atoms with Crippen LogP contribution >= 0.6 is 0 Å². The second kappa shape index (κ2) is 6.39. The van der Waals surface area contributed by atoms with Gasteiger partial charge >= 0.3 is 0 Å². The zero-order valence-electron chi connectivity index (χ0n) is 14.7. The van der Waals surface area contributed by atoms with Crippen molar-refractivity contribution in [1.29, 1.82) is 0 Å². The number of anilines is 1. The molecule has 3 rings (SSSR count). The third-order valence-electron chi connectivity index (χ3n) is 5.14. The number of likely N-dealkylation sites (tertiary alicyclic amines) is 1. The van der Waals surface area contributed by atoms with Crippen LogP contribution in [-0.2, 0) is 16.4 Å². The van der Waals surface area contributed by atoms with Crippen LogP contribution in [0, 0.1) is 5.92 Å². The highest BCUT2D eigenvalue weighted by atomic mass is 32.2. The van der Waals surface area contributed by atoms with Gasteiger partial charge in [0.25, 0.3) is 5.91 Å². The molecule has 2 aliphatic heterocycles. The molecule has 1 saturated heterocycles. The average molecular weight is 350 g/mol. The number of nitrogens with zero attached hydrogens (tertiary/aromatic N) is 2. The van der Waals surface area contributed by atoms with Gasteiger partial charge in [-0.15, -0.1) is 0 Å². The van der Waals surface area contributed by atoms with Crippen LogP contribution in [-0.4, -0.2) is 44.6 Å². The molecule has 6 heteroatoms. The summed E-state index contributed by atoms with van der Waals surface area (Å²) in [5.74, 6) is 0.740. The van der Waals surface area contributed by atoms with Crippen molar-refractivity contribution in [2.24, 2.45) is 5.92 Å². The van der Waals surface area contributed by atoms with E-state index in [-0.39, 0.29) is 11.9 Å². The summed E-state index contributed by atoms with van der Waals surface area (Å²) < 4.78 is 25.4. The first-order valence-corrected chi connectivity index (χ1v) is 10.5. The number of sulfonamides is 1. The Labute approximate surface area is 144 Å². The predicted molar refractivity (Wildman–Crippen MR) is 95.8 cm³/mol. The van der Waals surface area contributed by atoms with Crippen molar-refractivity contribution >= 4 is 21.6 Å². The van der Waals surface area contributed by atoms with Gasteiger partial charge in [-0.2, -0.15) is 0 Å². The third kappa shape index (κ3) is 3.29. The first-order chi connectivity index (χ1) is 11.3. The van der Waals surface area contributed by atoms with Crippen molar-refractivity contribution in [3.05, 3.63) is 29.3 Å². The van der Waals surface area contributed by atoms with Gasteiger partial charge in [0, 0.05) is 24.7 Å². The van der Waals surface area contributed by atoms with Gasteiger partial charge in [-0.3, -0.25) is 9.10 Å². The summed E-state index contributed by atoms with van der Waals surface area (Å²) in [4.78, 5) is 14.8. The van der Waals surface area contributed by atoms with Gasteiger partial charge < -0.3 is 4.90 Å². The van der Waals surface area contributed by atoms with Crippen LogP contribution < -0.4 is 4.31 Å². The Morgan fingerprint density at radius 2 is 1.92 bits per heavy atom. The minimum absolute atomic E-state index is 0.0670. The molecule has 24 heavy (non-hydrogen) atoms. The highest BCUT2D eigenvalue weighted by Crippen LogP contribution is 2.35. The van der Waals surface area contributed by atoms with Crippen molar-refractivity contribution in [3.8, 4) is 0 Å². The van der Waals surface area contributed by atoms with E-state index in [2.05, 4.69) is 6.92 Å². The molecule has 2 aliphatic rings. The fourth-order valence-corrected chi connectivity index (χ4v) is 5.15. The Hall–Kier alpha value is -1.56. The number of carbonyl (C=O) groups excluding carboxylic acids is 1. The molecule has 0 aromatic heterocycles. The highest BCUT2D eigenvalue weighted by molar-refractivity contribution is 7.92. The molecule has 0 N–H and O–H groups in total. The molecule has 132 valence electrons. The molecular weight excluding hydrogens is 324 g/mol. The van der Waals surface area contributed by atoms with Crippen molar-refractivity contribution in [3.63, 3.8) is 0 Å². The molecule has 1 aromatic carbocycles. The van der Waals surface area contributed by atoms with Crippen LogP contribution in [0.1, 0.15) is 49.0 Å². The van der Waals surface area contributed by atoms with Crippen molar-refractivity contribution in [2.75, 3.05) is 23.7 Å². The molecule has 0 spiro atoms. The van der Waals surface area contributed by atoms with E-state index in [4.69, 9.17) is 0 Å². The summed E-state index contributed by atoms with van der Waals surface area (Å²) in [6, 6.07) is 5.34. The molecule has 2 heterocycles. The lowest BCUT2D eigenvalue weighted by Gasteiger charge is -2.23. The lowest BCUT2D eigenvalue weighted by atomic mass is 10.0. The summed E-state index contributed by atoms with van der Waals surface area (Å²) >= 11 is 0. The predicted octanol–water partition coefficient (Wildman–Crippen LogP) is 2.66. The zero-order valence-corrected chi connectivity index (χ0v) is 15.5. The summed E-state index contributed by atoms with van der Waals surface area (Å²) in [7, 11) is -3.29. The largest absolute Gasteiger partial charge is 0.339 e. The Morgan fingerprint density at radius 3 is 2.62 bits per heavy atom. The molecule has 0 bridgehead atoms. The standard InChI is InChI=1S/C18H26N2O3S/c1-13-5-4-9-19(10-8-13)18(21)15-6-7-17-16(12-15)11-14(2)20(17)24(3,22)23/h6-7,12-14H,4-5,8-11H2,1-3H3. The summed E-state index contributed by atoms with van der Waals surface area (Å²) in [5.41, 5.74) is 2.33.